The van der Waals surface area contributed by atoms with Gasteiger partial charge in [0.05, 0.1) is 18.3 Å². The van der Waals surface area contributed by atoms with E-state index in [2.05, 4.69) is 18.9 Å². The van der Waals surface area contributed by atoms with Gasteiger partial charge < -0.3 is 9.64 Å². The molecule has 1 aliphatic heterocycles. The molecule has 1 atom stereocenters. The summed E-state index contributed by atoms with van der Waals surface area (Å²) in [6.07, 6.45) is 2.89. The summed E-state index contributed by atoms with van der Waals surface area (Å²) >= 11 is 5.73. The zero-order valence-electron chi connectivity index (χ0n) is 12.3. The number of amides is 1. The summed E-state index contributed by atoms with van der Waals surface area (Å²) in [5.41, 5.74) is 2.04. The molecule has 5 nitrogen and oxygen atoms in total. The standard InChI is InChI=1S/C14H22ClN3O2/c1-10(2)18-8-12(11(3)16-18)7-17(14(19)6-15)13-4-5-20-9-13/h8,10,13H,4-7,9H2,1-3H3/t13-/m0/s1. The Morgan fingerprint density at radius 1 is 1.65 bits per heavy atom. The van der Waals surface area contributed by atoms with Crippen LogP contribution in [0.2, 0.25) is 0 Å². The summed E-state index contributed by atoms with van der Waals surface area (Å²) in [6.45, 7) is 8.01. The zero-order valence-corrected chi connectivity index (χ0v) is 13.1. The van der Waals surface area contributed by atoms with Crippen LogP contribution in [0.4, 0.5) is 0 Å². The van der Waals surface area contributed by atoms with E-state index in [0.29, 0.717) is 25.8 Å². The van der Waals surface area contributed by atoms with E-state index < -0.39 is 0 Å². The fourth-order valence-electron chi connectivity index (χ4n) is 2.39. The second kappa shape index (κ2) is 6.59. The van der Waals surface area contributed by atoms with E-state index >= 15 is 0 Å². The Labute approximate surface area is 124 Å². The van der Waals surface area contributed by atoms with E-state index in [1.54, 1.807) is 0 Å². The molecule has 0 N–H and O–H groups in total. The Morgan fingerprint density at radius 3 is 2.90 bits per heavy atom. The van der Waals surface area contributed by atoms with Crippen molar-refractivity contribution in [2.75, 3.05) is 19.1 Å². The van der Waals surface area contributed by atoms with Gasteiger partial charge in [-0.25, -0.2) is 0 Å². The lowest BCUT2D eigenvalue weighted by atomic mass is 10.1. The number of alkyl halides is 1. The van der Waals surface area contributed by atoms with E-state index in [0.717, 1.165) is 17.7 Å². The van der Waals surface area contributed by atoms with Crippen molar-refractivity contribution in [2.24, 2.45) is 0 Å². The number of rotatable bonds is 5. The summed E-state index contributed by atoms with van der Waals surface area (Å²) in [6, 6.07) is 0.442. The first kappa shape index (κ1) is 15.3. The van der Waals surface area contributed by atoms with Gasteiger partial charge >= 0.3 is 0 Å². The van der Waals surface area contributed by atoms with Crippen LogP contribution in [-0.4, -0.2) is 45.7 Å². The van der Waals surface area contributed by atoms with Crippen LogP contribution < -0.4 is 0 Å². The van der Waals surface area contributed by atoms with Gasteiger partial charge in [-0.05, 0) is 27.2 Å². The van der Waals surface area contributed by atoms with E-state index in [1.807, 2.05) is 22.7 Å². The highest BCUT2D eigenvalue weighted by atomic mass is 35.5. The molecule has 6 heteroatoms. The van der Waals surface area contributed by atoms with Gasteiger partial charge in [-0.1, -0.05) is 0 Å². The minimum atomic E-state index is -0.0427. The molecule has 2 rings (SSSR count). The smallest absolute Gasteiger partial charge is 0.238 e. The quantitative estimate of drug-likeness (QED) is 0.783. The predicted molar refractivity (Wildman–Crippen MR) is 77.8 cm³/mol. The third-order valence-electron chi connectivity index (χ3n) is 3.67. The van der Waals surface area contributed by atoms with Crippen molar-refractivity contribution >= 4 is 17.5 Å². The average molecular weight is 300 g/mol. The van der Waals surface area contributed by atoms with Crippen molar-refractivity contribution < 1.29 is 9.53 Å². The third-order valence-corrected chi connectivity index (χ3v) is 3.90. The minimum absolute atomic E-state index is 0.00780. The number of carbonyl (C=O) groups excluding carboxylic acids is 1. The maximum atomic E-state index is 12.1. The largest absolute Gasteiger partial charge is 0.379 e. The lowest BCUT2D eigenvalue weighted by Gasteiger charge is -2.27. The van der Waals surface area contributed by atoms with Gasteiger partial charge in [-0.15, -0.1) is 11.6 Å². The summed E-state index contributed by atoms with van der Waals surface area (Å²) in [7, 11) is 0. The Hall–Kier alpha value is -1.07. The lowest BCUT2D eigenvalue weighted by Crippen LogP contribution is -2.41. The monoisotopic (exact) mass is 299 g/mol. The van der Waals surface area contributed by atoms with Crippen molar-refractivity contribution in [2.45, 2.75) is 45.8 Å². The molecule has 0 radical (unpaired) electrons. The highest BCUT2D eigenvalue weighted by molar-refractivity contribution is 6.27. The molecule has 20 heavy (non-hydrogen) atoms. The Kier molecular flexibility index (Phi) is 5.05. The van der Waals surface area contributed by atoms with Gasteiger partial charge in [0.2, 0.25) is 5.91 Å². The van der Waals surface area contributed by atoms with E-state index in [9.17, 15) is 4.79 Å². The summed E-state index contributed by atoms with van der Waals surface area (Å²) in [4.78, 5) is 13.9. The molecule has 1 saturated heterocycles. The number of aromatic nitrogens is 2. The summed E-state index contributed by atoms with van der Waals surface area (Å²) in [5.74, 6) is -0.0349. The molecule has 1 fully saturated rings. The predicted octanol–water partition coefficient (Wildman–Crippen LogP) is 2.13. The van der Waals surface area contributed by atoms with Gasteiger partial charge in [-0.2, -0.15) is 5.10 Å². The first-order valence-electron chi connectivity index (χ1n) is 7.00. The molecule has 1 aliphatic rings. The van der Waals surface area contributed by atoms with Crippen LogP contribution in [0.25, 0.3) is 0 Å². The molecule has 0 bridgehead atoms. The van der Waals surface area contributed by atoms with Crippen molar-refractivity contribution in [3.63, 3.8) is 0 Å². The molecule has 0 spiro atoms. The number of nitrogens with zero attached hydrogens (tertiary/aromatic N) is 3. The van der Waals surface area contributed by atoms with Crippen LogP contribution >= 0.6 is 11.6 Å². The van der Waals surface area contributed by atoms with E-state index in [-0.39, 0.29) is 17.8 Å². The average Bonchev–Trinajstić information content (AvgIpc) is 3.05. The Morgan fingerprint density at radius 2 is 2.40 bits per heavy atom. The first-order valence-corrected chi connectivity index (χ1v) is 7.54. The van der Waals surface area contributed by atoms with Gasteiger partial charge in [0, 0.05) is 31.0 Å². The zero-order chi connectivity index (χ0) is 14.7. The SMILES string of the molecule is Cc1nn(C(C)C)cc1CN(C(=O)CCl)[C@H]1CCOC1. The van der Waals surface area contributed by atoms with Crippen molar-refractivity contribution in [3.05, 3.63) is 17.5 Å². The topological polar surface area (TPSA) is 47.4 Å². The number of hydrogen-bond acceptors (Lipinski definition) is 3. The third kappa shape index (κ3) is 3.33. The molecule has 0 unspecified atom stereocenters. The second-order valence-electron chi connectivity index (χ2n) is 5.49. The highest BCUT2D eigenvalue weighted by Crippen LogP contribution is 2.19. The van der Waals surface area contributed by atoms with Crippen LogP contribution in [0.3, 0.4) is 0 Å². The van der Waals surface area contributed by atoms with Crippen LogP contribution in [0.5, 0.6) is 0 Å². The molecule has 1 amide bonds. The van der Waals surface area contributed by atoms with Crippen LogP contribution in [0.1, 0.15) is 37.6 Å². The molecule has 0 aromatic carbocycles. The van der Waals surface area contributed by atoms with E-state index in [1.165, 1.54) is 0 Å². The van der Waals surface area contributed by atoms with E-state index in [4.69, 9.17) is 16.3 Å². The van der Waals surface area contributed by atoms with Crippen LogP contribution in [-0.2, 0) is 16.1 Å². The van der Waals surface area contributed by atoms with Gasteiger partial charge in [0.1, 0.15) is 5.88 Å². The summed E-state index contributed by atoms with van der Waals surface area (Å²) in [5, 5.41) is 4.49. The molecule has 0 saturated carbocycles. The van der Waals surface area contributed by atoms with Crippen molar-refractivity contribution in [3.8, 4) is 0 Å². The maximum Gasteiger partial charge on any atom is 0.238 e. The number of aryl methyl sites for hydroxylation is 1. The maximum absolute atomic E-state index is 12.1. The molecular weight excluding hydrogens is 278 g/mol. The number of ether oxygens (including phenoxy) is 1. The van der Waals surface area contributed by atoms with Gasteiger partial charge in [0.15, 0.2) is 0 Å². The fourth-order valence-corrected chi connectivity index (χ4v) is 2.54. The van der Waals surface area contributed by atoms with Crippen LogP contribution in [0, 0.1) is 6.92 Å². The molecule has 2 heterocycles. The molecule has 112 valence electrons. The molecule has 1 aromatic heterocycles. The highest BCUT2D eigenvalue weighted by Gasteiger charge is 2.27. The van der Waals surface area contributed by atoms with Crippen molar-refractivity contribution in [1.29, 1.82) is 0 Å². The summed E-state index contributed by atoms with van der Waals surface area (Å²) < 4.78 is 7.32. The Balaban J connectivity index is 2.16. The second-order valence-corrected chi connectivity index (χ2v) is 5.75. The molecular formula is C14H22ClN3O2. The Bertz CT molecular complexity index is 467. The van der Waals surface area contributed by atoms with Crippen LogP contribution in [0.15, 0.2) is 6.20 Å². The fraction of sp³-hybridized carbons (Fsp3) is 0.714. The number of halogens is 1. The first-order chi connectivity index (χ1) is 9.52. The molecule has 1 aromatic rings. The van der Waals surface area contributed by atoms with Crippen molar-refractivity contribution in [1.82, 2.24) is 14.7 Å². The van der Waals surface area contributed by atoms with Gasteiger partial charge in [0.25, 0.3) is 0 Å². The minimum Gasteiger partial charge on any atom is -0.379 e. The number of hydrogen-bond donors (Lipinski definition) is 0. The normalized spacial score (nSPS) is 18.8. The number of carbonyl (C=O) groups is 1. The van der Waals surface area contributed by atoms with Gasteiger partial charge in [-0.3, -0.25) is 9.48 Å². The lowest BCUT2D eigenvalue weighted by molar-refractivity contribution is -0.131. The molecule has 0 aliphatic carbocycles.